The molecule has 0 saturated heterocycles. The van der Waals surface area contributed by atoms with E-state index in [1.165, 1.54) is 12.8 Å². The Morgan fingerprint density at radius 3 is 2.40 bits per heavy atom. The van der Waals surface area contributed by atoms with Crippen LogP contribution in [0.2, 0.25) is 0 Å². The SMILES string of the molecule is COCC(NCC(C)(C)N(C)C)C1CC1. The summed E-state index contributed by atoms with van der Waals surface area (Å²) < 4.78 is 5.25. The van der Waals surface area contributed by atoms with E-state index in [4.69, 9.17) is 4.74 Å². The highest BCUT2D eigenvalue weighted by Crippen LogP contribution is 2.32. The van der Waals surface area contributed by atoms with Gasteiger partial charge in [0.05, 0.1) is 6.61 Å². The third-order valence-electron chi connectivity index (χ3n) is 3.54. The Kier molecular flexibility index (Phi) is 4.56. The first-order valence-corrected chi connectivity index (χ1v) is 5.87. The number of rotatable bonds is 7. The van der Waals surface area contributed by atoms with E-state index < -0.39 is 0 Å². The summed E-state index contributed by atoms with van der Waals surface area (Å²) in [7, 11) is 6.04. The van der Waals surface area contributed by atoms with E-state index >= 15 is 0 Å². The average Bonchev–Trinajstić information content (AvgIpc) is 2.95. The summed E-state index contributed by atoms with van der Waals surface area (Å²) in [6, 6.07) is 0.550. The fourth-order valence-corrected chi connectivity index (χ4v) is 1.58. The number of nitrogens with one attached hydrogen (secondary N) is 1. The van der Waals surface area contributed by atoms with Crippen LogP contribution in [0.15, 0.2) is 0 Å². The lowest BCUT2D eigenvalue weighted by Crippen LogP contribution is -2.50. The van der Waals surface area contributed by atoms with Crippen LogP contribution >= 0.6 is 0 Å². The summed E-state index contributed by atoms with van der Waals surface area (Å²) in [5, 5.41) is 3.64. The van der Waals surface area contributed by atoms with Crippen molar-refractivity contribution >= 4 is 0 Å². The molecule has 0 aliphatic heterocycles. The molecule has 0 bridgehead atoms. The Balaban J connectivity index is 2.32. The first-order valence-electron chi connectivity index (χ1n) is 5.87. The van der Waals surface area contributed by atoms with Crippen molar-refractivity contribution in [2.75, 3.05) is 34.4 Å². The topological polar surface area (TPSA) is 24.5 Å². The number of nitrogens with zero attached hydrogens (tertiary/aromatic N) is 1. The summed E-state index contributed by atoms with van der Waals surface area (Å²) in [4.78, 5) is 2.26. The molecule has 0 aromatic carbocycles. The smallest absolute Gasteiger partial charge is 0.0618 e. The lowest BCUT2D eigenvalue weighted by Gasteiger charge is -2.34. The van der Waals surface area contributed by atoms with Crippen molar-refractivity contribution in [3.05, 3.63) is 0 Å². The van der Waals surface area contributed by atoms with Gasteiger partial charge in [0, 0.05) is 25.2 Å². The van der Waals surface area contributed by atoms with Crippen LogP contribution in [0.1, 0.15) is 26.7 Å². The molecule has 15 heavy (non-hydrogen) atoms. The van der Waals surface area contributed by atoms with Gasteiger partial charge in [0.25, 0.3) is 0 Å². The van der Waals surface area contributed by atoms with E-state index in [1.54, 1.807) is 7.11 Å². The predicted molar refractivity (Wildman–Crippen MR) is 64.2 cm³/mol. The molecule has 1 saturated carbocycles. The Hall–Kier alpha value is -0.120. The zero-order valence-corrected chi connectivity index (χ0v) is 10.8. The maximum absolute atomic E-state index is 5.25. The number of hydrogen-bond acceptors (Lipinski definition) is 3. The second-order valence-electron chi connectivity index (χ2n) is 5.49. The van der Waals surface area contributed by atoms with Crippen LogP contribution in [-0.2, 0) is 4.74 Å². The fraction of sp³-hybridized carbons (Fsp3) is 1.00. The van der Waals surface area contributed by atoms with Crippen molar-refractivity contribution in [2.24, 2.45) is 5.92 Å². The zero-order valence-electron chi connectivity index (χ0n) is 10.8. The maximum atomic E-state index is 5.25. The van der Waals surface area contributed by atoms with Gasteiger partial charge in [0.2, 0.25) is 0 Å². The molecule has 1 fully saturated rings. The molecule has 3 heteroatoms. The van der Waals surface area contributed by atoms with Gasteiger partial charge in [-0.2, -0.15) is 0 Å². The molecular formula is C12H26N2O. The second kappa shape index (κ2) is 5.28. The minimum atomic E-state index is 0.209. The highest BCUT2D eigenvalue weighted by molar-refractivity contribution is 4.89. The monoisotopic (exact) mass is 214 g/mol. The number of ether oxygens (including phenoxy) is 1. The van der Waals surface area contributed by atoms with Crippen molar-refractivity contribution in [1.29, 1.82) is 0 Å². The van der Waals surface area contributed by atoms with Crippen molar-refractivity contribution in [2.45, 2.75) is 38.3 Å². The third kappa shape index (κ3) is 4.09. The van der Waals surface area contributed by atoms with Gasteiger partial charge in [0.15, 0.2) is 0 Å². The van der Waals surface area contributed by atoms with Crippen LogP contribution in [-0.4, -0.2) is 50.8 Å². The van der Waals surface area contributed by atoms with E-state index in [9.17, 15) is 0 Å². The zero-order chi connectivity index (χ0) is 11.5. The lowest BCUT2D eigenvalue weighted by molar-refractivity contribution is 0.135. The molecule has 0 aromatic rings. The standard InChI is InChI=1S/C12H26N2O/c1-12(2,14(3)4)9-13-11(8-15-5)10-6-7-10/h10-11,13H,6-9H2,1-5H3. The molecule has 0 spiro atoms. The summed E-state index contributed by atoms with van der Waals surface area (Å²) in [5.41, 5.74) is 0.209. The minimum absolute atomic E-state index is 0.209. The highest BCUT2D eigenvalue weighted by Gasteiger charge is 2.32. The molecule has 1 rings (SSSR count). The second-order valence-corrected chi connectivity index (χ2v) is 5.49. The van der Waals surface area contributed by atoms with Crippen LogP contribution < -0.4 is 5.32 Å². The van der Waals surface area contributed by atoms with Gasteiger partial charge in [-0.25, -0.2) is 0 Å². The van der Waals surface area contributed by atoms with E-state index in [0.29, 0.717) is 6.04 Å². The predicted octanol–water partition coefficient (Wildman–Crippen LogP) is 1.34. The maximum Gasteiger partial charge on any atom is 0.0618 e. The third-order valence-corrected chi connectivity index (χ3v) is 3.54. The number of methoxy groups -OCH3 is 1. The van der Waals surface area contributed by atoms with Gasteiger partial charge in [-0.1, -0.05) is 0 Å². The average molecular weight is 214 g/mol. The van der Waals surface area contributed by atoms with Gasteiger partial charge >= 0.3 is 0 Å². The van der Waals surface area contributed by atoms with Gasteiger partial charge in [-0.15, -0.1) is 0 Å². The summed E-state index contributed by atoms with van der Waals surface area (Å²) in [5.74, 6) is 0.850. The number of hydrogen-bond donors (Lipinski definition) is 1. The largest absolute Gasteiger partial charge is 0.383 e. The first-order chi connectivity index (χ1) is 6.97. The Bertz CT molecular complexity index is 188. The molecule has 1 N–H and O–H groups in total. The van der Waals surface area contributed by atoms with Crippen molar-refractivity contribution in [3.63, 3.8) is 0 Å². The van der Waals surface area contributed by atoms with Gasteiger partial charge in [-0.3, -0.25) is 0 Å². The highest BCUT2D eigenvalue weighted by atomic mass is 16.5. The van der Waals surface area contributed by atoms with Crippen LogP contribution in [0.3, 0.4) is 0 Å². The Morgan fingerprint density at radius 2 is 2.00 bits per heavy atom. The van der Waals surface area contributed by atoms with Crippen molar-refractivity contribution < 1.29 is 4.74 Å². The van der Waals surface area contributed by atoms with Crippen molar-refractivity contribution in [1.82, 2.24) is 10.2 Å². The number of likely N-dealkylation sites (N-methyl/N-ethyl adjacent to an activating group) is 1. The first kappa shape index (κ1) is 12.9. The summed E-state index contributed by atoms with van der Waals surface area (Å²) >= 11 is 0. The van der Waals surface area contributed by atoms with Gasteiger partial charge < -0.3 is 15.0 Å². The quantitative estimate of drug-likeness (QED) is 0.692. The molecule has 0 radical (unpaired) electrons. The van der Waals surface area contributed by atoms with E-state index in [1.807, 2.05) is 0 Å². The Labute approximate surface area is 94.2 Å². The Morgan fingerprint density at radius 1 is 1.40 bits per heavy atom. The van der Waals surface area contributed by atoms with Crippen LogP contribution in [0, 0.1) is 5.92 Å². The fourth-order valence-electron chi connectivity index (χ4n) is 1.58. The molecule has 1 aliphatic rings. The van der Waals surface area contributed by atoms with Gasteiger partial charge in [0.1, 0.15) is 0 Å². The summed E-state index contributed by atoms with van der Waals surface area (Å²) in [6.07, 6.45) is 2.73. The molecule has 1 unspecified atom stereocenters. The van der Waals surface area contributed by atoms with Crippen LogP contribution in [0.5, 0.6) is 0 Å². The van der Waals surface area contributed by atoms with E-state index in [2.05, 4.69) is 38.2 Å². The lowest BCUT2D eigenvalue weighted by atomic mass is 10.0. The molecule has 3 nitrogen and oxygen atoms in total. The minimum Gasteiger partial charge on any atom is -0.383 e. The van der Waals surface area contributed by atoms with E-state index in [-0.39, 0.29) is 5.54 Å². The normalized spacial score (nSPS) is 19.6. The molecule has 1 atom stereocenters. The molecule has 1 aliphatic carbocycles. The van der Waals surface area contributed by atoms with Crippen molar-refractivity contribution in [3.8, 4) is 0 Å². The molecule has 0 amide bonds. The van der Waals surface area contributed by atoms with E-state index in [0.717, 1.165) is 19.1 Å². The molecule has 90 valence electrons. The van der Waals surface area contributed by atoms with Gasteiger partial charge in [-0.05, 0) is 46.7 Å². The summed E-state index contributed by atoms with van der Waals surface area (Å²) in [6.45, 7) is 6.38. The van der Waals surface area contributed by atoms with Crippen LogP contribution in [0.4, 0.5) is 0 Å². The molecule has 0 aromatic heterocycles. The molecule has 0 heterocycles. The molecular weight excluding hydrogens is 188 g/mol. The van der Waals surface area contributed by atoms with Crippen LogP contribution in [0.25, 0.3) is 0 Å².